The summed E-state index contributed by atoms with van der Waals surface area (Å²) >= 11 is 0. The highest BCUT2D eigenvalue weighted by Crippen LogP contribution is 2.62. The van der Waals surface area contributed by atoms with Crippen molar-refractivity contribution in [1.29, 1.82) is 0 Å². The normalized spacial score (nSPS) is 47.2. The number of carbonyl (C=O) groups is 1. The second-order valence-corrected chi connectivity index (χ2v) is 8.89. The van der Waals surface area contributed by atoms with Gasteiger partial charge < -0.3 is 5.11 Å². The Bertz CT molecular complexity index is 544. The molecular weight excluding hydrogens is 272 g/mol. The molecule has 0 bridgehead atoms. The maximum atomic E-state index is 12.9. The van der Waals surface area contributed by atoms with Crippen LogP contribution in [0.5, 0.6) is 0 Å². The summed E-state index contributed by atoms with van der Waals surface area (Å²) < 4.78 is 0. The van der Waals surface area contributed by atoms with Crippen molar-refractivity contribution in [3.05, 3.63) is 24.3 Å². The van der Waals surface area contributed by atoms with E-state index in [9.17, 15) is 9.90 Å². The van der Waals surface area contributed by atoms with Gasteiger partial charge in [0.15, 0.2) is 0 Å². The average Bonchev–Trinajstić information content (AvgIpc) is 2.47. The molecule has 0 aromatic heterocycles. The van der Waals surface area contributed by atoms with Gasteiger partial charge in [0.1, 0.15) is 5.78 Å². The Balaban J connectivity index is 2.06. The molecule has 2 fully saturated rings. The molecule has 5 unspecified atom stereocenters. The summed E-state index contributed by atoms with van der Waals surface area (Å²) in [6.45, 7) is 12.8. The summed E-state index contributed by atoms with van der Waals surface area (Å²) in [6, 6.07) is 0. The lowest BCUT2D eigenvalue weighted by molar-refractivity contribution is -0.149. The van der Waals surface area contributed by atoms with Gasteiger partial charge in [-0.05, 0) is 48.5 Å². The van der Waals surface area contributed by atoms with Gasteiger partial charge in [0.2, 0.25) is 0 Å². The standard InChI is InChI=1S/C20H30O2/c1-6-19(4)12-9-14-13(17(19)22)7-8-15-18(2,3)11-10-16(21)20(14,15)5/h6-7,14-15,17,22H,1,8-12H2,2-5H3. The SMILES string of the molecule is C=CC1(C)CCC2C(=CCC3C(C)(C)CCC(=O)C23C)C1O. The van der Waals surface area contributed by atoms with Crippen LogP contribution in [0.4, 0.5) is 0 Å². The van der Waals surface area contributed by atoms with E-state index in [1.165, 1.54) is 0 Å². The molecule has 1 N–H and O–H groups in total. The monoisotopic (exact) mass is 302 g/mol. The maximum Gasteiger partial charge on any atom is 0.139 e. The fraction of sp³-hybridized carbons (Fsp3) is 0.750. The van der Waals surface area contributed by atoms with E-state index >= 15 is 0 Å². The van der Waals surface area contributed by atoms with Gasteiger partial charge in [-0.15, -0.1) is 6.58 Å². The van der Waals surface area contributed by atoms with E-state index in [0.29, 0.717) is 18.1 Å². The Kier molecular flexibility index (Phi) is 3.49. The highest BCUT2D eigenvalue weighted by Gasteiger charge is 2.59. The van der Waals surface area contributed by atoms with Crippen LogP contribution in [0.1, 0.15) is 59.8 Å². The topological polar surface area (TPSA) is 37.3 Å². The first-order chi connectivity index (χ1) is 10.2. The van der Waals surface area contributed by atoms with Crippen LogP contribution in [0, 0.1) is 28.1 Å². The lowest BCUT2D eigenvalue weighted by Crippen LogP contribution is -2.57. The van der Waals surface area contributed by atoms with E-state index in [0.717, 1.165) is 31.3 Å². The minimum atomic E-state index is -0.487. The maximum absolute atomic E-state index is 12.9. The van der Waals surface area contributed by atoms with Crippen molar-refractivity contribution in [1.82, 2.24) is 0 Å². The quantitative estimate of drug-likeness (QED) is 0.734. The van der Waals surface area contributed by atoms with Crippen LogP contribution in [0.3, 0.4) is 0 Å². The number of hydrogen-bond donors (Lipinski definition) is 1. The molecule has 0 saturated heterocycles. The van der Waals surface area contributed by atoms with Gasteiger partial charge in [0, 0.05) is 17.3 Å². The molecular formula is C20H30O2. The van der Waals surface area contributed by atoms with Crippen molar-refractivity contribution in [2.45, 2.75) is 65.9 Å². The van der Waals surface area contributed by atoms with Crippen LogP contribution >= 0.6 is 0 Å². The van der Waals surface area contributed by atoms with Gasteiger partial charge >= 0.3 is 0 Å². The molecule has 0 heterocycles. The highest BCUT2D eigenvalue weighted by molar-refractivity contribution is 5.87. The predicted octanol–water partition coefficient (Wildman–Crippen LogP) is 4.29. The van der Waals surface area contributed by atoms with Crippen LogP contribution in [0.15, 0.2) is 24.3 Å². The largest absolute Gasteiger partial charge is 0.388 e. The third-order valence-corrected chi connectivity index (χ3v) is 7.36. The molecule has 5 atom stereocenters. The molecule has 3 aliphatic carbocycles. The second kappa shape index (κ2) is 4.80. The van der Waals surface area contributed by atoms with Gasteiger partial charge in [-0.25, -0.2) is 0 Å². The lowest BCUT2D eigenvalue weighted by atomic mass is 9.45. The zero-order chi connectivity index (χ0) is 16.3. The Hall–Kier alpha value is -0.890. The van der Waals surface area contributed by atoms with E-state index in [1.54, 1.807) is 0 Å². The fourth-order valence-electron chi connectivity index (χ4n) is 5.58. The molecule has 0 aliphatic heterocycles. The number of fused-ring (bicyclic) bond motifs is 3. The van der Waals surface area contributed by atoms with E-state index in [4.69, 9.17) is 0 Å². The number of allylic oxidation sites excluding steroid dienone is 1. The van der Waals surface area contributed by atoms with Crippen LogP contribution < -0.4 is 0 Å². The summed E-state index contributed by atoms with van der Waals surface area (Å²) in [5.41, 5.74) is 0.765. The van der Waals surface area contributed by atoms with Crippen LogP contribution in [0.25, 0.3) is 0 Å². The Morgan fingerprint density at radius 3 is 2.59 bits per heavy atom. The van der Waals surface area contributed by atoms with Crippen molar-refractivity contribution in [2.75, 3.05) is 0 Å². The van der Waals surface area contributed by atoms with E-state index in [2.05, 4.69) is 40.3 Å². The average molecular weight is 302 g/mol. The minimum Gasteiger partial charge on any atom is -0.388 e. The molecule has 0 aromatic carbocycles. The van der Waals surface area contributed by atoms with Crippen LogP contribution in [0.2, 0.25) is 0 Å². The molecule has 3 rings (SSSR count). The third kappa shape index (κ3) is 1.92. The number of Topliss-reactive ketones (excluding diaryl/α,β-unsaturated/α-hetero) is 1. The van der Waals surface area contributed by atoms with E-state index in [1.807, 2.05) is 6.08 Å². The first kappa shape index (κ1) is 16.0. The van der Waals surface area contributed by atoms with Crippen molar-refractivity contribution in [3.8, 4) is 0 Å². The Labute approximate surface area is 134 Å². The van der Waals surface area contributed by atoms with Gasteiger partial charge in [0.05, 0.1) is 6.10 Å². The van der Waals surface area contributed by atoms with Gasteiger partial charge in [0.25, 0.3) is 0 Å². The fourth-order valence-corrected chi connectivity index (χ4v) is 5.58. The van der Waals surface area contributed by atoms with Gasteiger partial charge in [-0.3, -0.25) is 4.79 Å². The first-order valence-corrected chi connectivity index (χ1v) is 8.72. The predicted molar refractivity (Wildman–Crippen MR) is 89.4 cm³/mol. The Morgan fingerprint density at radius 2 is 1.95 bits per heavy atom. The number of aliphatic hydroxyl groups excluding tert-OH is 1. The molecule has 0 spiro atoms. The first-order valence-electron chi connectivity index (χ1n) is 8.72. The van der Waals surface area contributed by atoms with Crippen molar-refractivity contribution in [2.24, 2.45) is 28.1 Å². The number of ketones is 1. The molecule has 22 heavy (non-hydrogen) atoms. The third-order valence-electron chi connectivity index (χ3n) is 7.36. The number of aliphatic hydroxyl groups is 1. The molecule has 3 aliphatic rings. The summed E-state index contributed by atoms with van der Waals surface area (Å²) in [5.74, 6) is 1.03. The Morgan fingerprint density at radius 1 is 1.27 bits per heavy atom. The molecule has 0 radical (unpaired) electrons. The summed E-state index contributed by atoms with van der Waals surface area (Å²) in [6.07, 6.45) is 8.17. The molecule has 122 valence electrons. The lowest BCUT2D eigenvalue weighted by Gasteiger charge is -2.58. The zero-order valence-corrected chi connectivity index (χ0v) is 14.5. The van der Waals surface area contributed by atoms with Crippen LogP contribution in [-0.4, -0.2) is 17.0 Å². The number of rotatable bonds is 1. The van der Waals surface area contributed by atoms with Crippen molar-refractivity contribution < 1.29 is 9.90 Å². The van der Waals surface area contributed by atoms with Crippen LogP contribution in [-0.2, 0) is 4.79 Å². The van der Waals surface area contributed by atoms with Crippen molar-refractivity contribution in [3.63, 3.8) is 0 Å². The van der Waals surface area contributed by atoms with Gasteiger partial charge in [-0.1, -0.05) is 39.8 Å². The summed E-state index contributed by atoms with van der Waals surface area (Å²) in [5, 5.41) is 10.9. The molecule has 0 amide bonds. The highest BCUT2D eigenvalue weighted by atomic mass is 16.3. The molecule has 2 saturated carbocycles. The smallest absolute Gasteiger partial charge is 0.139 e. The van der Waals surface area contributed by atoms with E-state index in [-0.39, 0.29) is 22.2 Å². The molecule has 0 aromatic rings. The van der Waals surface area contributed by atoms with E-state index < -0.39 is 6.10 Å². The van der Waals surface area contributed by atoms with Gasteiger partial charge in [-0.2, -0.15) is 0 Å². The van der Waals surface area contributed by atoms with Crippen molar-refractivity contribution >= 4 is 5.78 Å². The zero-order valence-electron chi connectivity index (χ0n) is 14.5. The summed E-state index contributed by atoms with van der Waals surface area (Å²) in [7, 11) is 0. The second-order valence-electron chi connectivity index (χ2n) is 8.89. The molecule has 2 nitrogen and oxygen atoms in total. The minimum absolute atomic E-state index is 0.203. The number of carbonyl (C=O) groups excluding carboxylic acids is 1. The molecule has 2 heteroatoms. The number of hydrogen-bond acceptors (Lipinski definition) is 2. The summed E-state index contributed by atoms with van der Waals surface area (Å²) in [4.78, 5) is 12.9.